The summed E-state index contributed by atoms with van der Waals surface area (Å²) in [7, 11) is 0. The van der Waals surface area contributed by atoms with Crippen LogP contribution in [-0.4, -0.2) is 28.4 Å². The molecule has 0 bridgehead atoms. The Hall–Kier alpha value is -1.14. The van der Waals surface area contributed by atoms with Gasteiger partial charge in [0.2, 0.25) is 5.91 Å². The van der Waals surface area contributed by atoms with E-state index >= 15 is 0 Å². The second-order valence-electron chi connectivity index (χ2n) is 6.27. The summed E-state index contributed by atoms with van der Waals surface area (Å²) in [6.07, 6.45) is 2.43. The van der Waals surface area contributed by atoms with Gasteiger partial charge in [-0.2, -0.15) is 0 Å². The summed E-state index contributed by atoms with van der Waals surface area (Å²) in [5.41, 5.74) is 2.15. The molecule has 1 aliphatic carbocycles. The predicted molar refractivity (Wildman–Crippen MR) is 105 cm³/mol. The van der Waals surface area contributed by atoms with Crippen LogP contribution in [0.3, 0.4) is 0 Å². The van der Waals surface area contributed by atoms with E-state index in [1.165, 1.54) is 24.2 Å². The molecule has 1 fully saturated rings. The summed E-state index contributed by atoms with van der Waals surface area (Å²) in [5.74, 6) is 0.0262. The molecule has 1 amide bonds. The van der Waals surface area contributed by atoms with Crippen LogP contribution in [0.1, 0.15) is 37.9 Å². The monoisotopic (exact) mass is 397 g/mol. The Morgan fingerprint density at radius 1 is 1.28 bits per heavy atom. The van der Waals surface area contributed by atoms with Crippen molar-refractivity contribution in [1.29, 1.82) is 0 Å². The van der Waals surface area contributed by atoms with Crippen LogP contribution in [0.4, 0.5) is 5.13 Å². The topological polar surface area (TPSA) is 36.4 Å². The summed E-state index contributed by atoms with van der Waals surface area (Å²) in [4.78, 5) is 20.5. The molecular weight excluding hydrogens is 377 g/mol. The Morgan fingerprint density at radius 2 is 2.04 bits per heavy atom. The van der Waals surface area contributed by atoms with Crippen molar-refractivity contribution in [1.82, 2.24) is 9.88 Å². The second kappa shape index (κ2) is 8.04. The summed E-state index contributed by atoms with van der Waals surface area (Å²) >= 11 is 13.7. The maximum atomic E-state index is 11.7. The fourth-order valence-electron chi connectivity index (χ4n) is 2.82. The van der Waals surface area contributed by atoms with Crippen LogP contribution in [-0.2, 0) is 17.9 Å². The normalized spacial score (nSPS) is 14.1. The van der Waals surface area contributed by atoms with Gasteiger partial charge >= 0.3 is 0 Å². The first-order valence-corrected chi connectivity index (χ1v) is 10.0. The Kier molecular flexibility index (Phi) is 6.00. The van der Waals surface area contributed by atoms with Crippen molar-refractivity contribution >= 4 is 45.6 Å². The molecule has 2 aromatic rings. The molecule has 1 saturated carbocycles. The van der Waals surface area contributed by atoms with Gasteiger partial charge in [-0.25, -0.2) is 4.98 Å². The van der Waals surface area contributed by atoms with Gasteiger partial charge in [-0.05, 0) is 37.5 Å². The van der Waals surface area contributed by atoms with E-state index in [9.17, 15) is 4.79 Å². The zero-order valence-electron chi connectivity index (χ0n) is 14.3. The summed E-state index contributed by atoms with van der Waals surface area (Å²) in [6.45, 7) is 5.77. The number of nitrogens with zero attached hydrogens (tertiary/aromatic N) is 3. The quantitative estimate of drug-likeness (QED) is 0.660. The molecule has 1 aromatic heterocycles. The molecule has 0 radical (unpaired) electrons. The average Bonchev–Trinajstić information content (AvgIpc) is 3.32. The van der Waals surface area contributed by atoms with Crippen LogP contribution in [0.2, 0.25) is 10.0 Å². The average molecular weight is 398 g/mol. The molecule has 0 N–H and O–H groups in total. The van der Waals surface area contributed by atoms with E-state index in [1.807, 2.05) is 30.5 Å². The lowest BCUT2D eigenvalue weighted by atomic mass is 10.2. The lowest BCUT2D eigenvalue weighted by Gasteiger charge is -2.21. The Balaban J connectivity index is 1.71. The molecule has 1 heterocycles. The third-order valence-electron chi connectivity index (χ3n) is 4.26. The van der Waals surface area contributed by atoms with Crippen molar-refractivity contribution in [2.45, 2.75) is 45.8 Å². The standard InChI is InChI=1S/C18H21Cl2N3OS/c1-3-23(12(2)24)18-21-14(11-25-18)10-22(15-5-6-15)9-13-4-7-16(19)17(20)8-13/h4,7-8,11,15H,3,5-6,9-10H2,1-2H3. The third-order valence-corrected chi connectivity index (χ3v) is 5.92. The van der Waals surface area contributed by atoms with Gasteiger partial charge < -0.3 is 0 Å². The molecule has 0 unspecified atom stereocenters. The lowest BCUT2D eigenvalue weighted by Crippen LogP contribution is -2.28. The van der Waals surface area contributed by atoms with Crippen molar-refractivity contribution < 1.29 is 4.79 Å². The highest BCUT2D eigenvalue weighted by molar-refractivity contribution is 7.14. The minimum Gasteiger partial charge on any atom is -0.290 e. The first-order valence-electron chi connectivity index (χ1n) is 8.38. The molecule has 7 heteroatoms. The smallest absolute Gasteiger partial charge is 0.225 e. The number of carbonyl (C=O) groups excluding carboxylic acids is 1. The number of anilines is 1. The lowest BCUT2D eigenvalue weighted by molar-refractivity contribution is -0.116. The number of carbonyl (C=O) groups is 1. The number of amides is 1. The number of aromatic nitrogens is 1. The predicted octanol–water partition coefficient (Wildman–Crippen LogP) is 4.99. The Morgan fingerprint density at radius 3 is 2.64 bits per heavy atom. The molecule has 1 aliphatic rings. The highest BCUT2D eigenvalue weighted by Gasteiger charge is 2.29. The zero-order chi connectivity index (χ0) is 18.0. The van der Waals surface area contributed by atoms with Crippen molar-refractivity contribution in [3.8, 4) is 0 Å². The minimum absolute atomic E-state index is 0.0262. The van der Waals surface area contributed by atoms with Crippen molar-refractivity contribution in [3.63, 3.8) is 0 Å². The fraction of sp³-hybridized carbons (Fsp3) is 0.444. The number of halogens is 2. The van der Waals surface area contributed by atoms with Gasteiger partial charge in [0.25, 0.3) is 0 Å². The Bertz CT molecular complexity index is 761. The van der Waals surface area contributed by atoms with Gasteiger partial charge in [0.15, 0.2) is 5.13 Å². The molecule has 134 valence electrons. The van der Waals surface area contributed by atoms with E-state index in [0.29, 0.717) is 22.6 Å². The molecule has 0 spiro atoms. The molecule has 25 heavy (non-hydrogen) atoms. The first kappa shape index (κ1) is 18.6. The highest BCUT2D eigenvalue weighted by atomic mass is 35.5. The Labute approximate surface area is 162 Å². The zero-order valence-corrected chi connectivity index (χ0v) is 16.7. The van der Waals surface area contributed by atoms with Crippen molar-refractivity contribution in [2.24, 2.45) is 0 Å². The van der Waals surface area contributed by atoms with E-state index in [2.05, 4.69) is 9.88 Å². The maximum Gasteiger partial charge on any atom is 0.225 e. The summed E-state index contributed by atoms with van der Waals surface area (Å²) in [6, 6.07) is 6.39. The van der Waals surface area contributed by atoms with Gasteiger partial charge in [-0.3, -0.25) is 14.6 Å². The molecule has 0 aliphatic heterocycles. The first-order chi connectivity index (χ1) is 12.0. The van der Waals surface area contributed by atoms with Crippen molar-refractivity contribution in [2.75, 3.05) is 11.4 Å². The number of rotatable bonds is 7. The van der Waals surface area contributed by atoms with E-state index in [1.54, 1.807) is 11.8 Å². The largest absolute Gasteiger partial charge is 0.290 e. The summed E-state index contributed by atoms with van der Waals surface area (Å²) in [5, 5.41) is 3.99. The minimum atomic E-state index is 0.0262. The van der Waals surface area contributed by atoms with Gasteiger partial charge in [-0.1, -0.05) is 29.3 Å². The van der Waals surface area contributed by atoms with E-state index in [4.69, 9.17) is 23.2 Å². The van der Waals surface area contributed by atoms with Crippen molar-refractivity contribution in [3.05, 3.63) is 44.9 Å². The summed E-state index contributed by atoms with van der Waals surface area (Å²) < 4.78 is 0. The number of benzene rings is 1. The van der Waals surface area contributed by atoms with Gasteiger partial charge in [0, 0.05) is 38.0 Å². The van der Waals surface area contributed by atoms with E-state index in [0.717, 1.165) is 29.5 Å². The van der Waals surface area contributed by atoms with Crippen LogP contribution in [0.25, 0.3) is 0 Å². The van der Waals surface area contributed by atoms with E-state index < -0.39 is 0 Å². The molecule has 0 atom stereocenters. The molecule has 1 aromatic carbocycles. The third kappa shape index (κ3) is 4.73. The number of hydrogen-bond donors (Lipinski definition) is 0. The van der Waals surface area contributed by atoms with Crippen LogP contribution < -0.4 is 4.90 Å². The number of hydrogen-bond acceptors (Lipinski definition) is 4. The van der Waals surface area contributed by atoms with Crippen LogP contribution in [0.5, 0.6) is 0 Å². The molecule has 3 rings (SSSR count). The molecule has 0 saturated heterocycles. The highest BCUT2D eigenvalue weighted by Crippen LogP contribution is 2.32. The van der Waals surface area contributed by atoms with Gasteiger partial charge in [0.05, 0.1) is 15.7 Å². The fourth-order valence-corrected chi connectivity index (χ4v) is 4.06. The van der Waals surface area contributed by atoms with Gasteiger partial charge in [0.1, 0.15) is 0 Å². The number of thiazole rings is 1. The van der Waals surface area contributed by atoms with Gasteiger partial charge in [-0.15, -0.1) is 11.3 Å². The van der Waals surface area contributed by atoms with E-state index in [-0.39, 0.29) is 5.91 Å². The SMILES string of the molecule is CCN(C(C)=O)c1nc(CN(Cc2ccc(Cl)c(Cl)c2)C2CC2)cs1. The second-order valence-corrected chi connectivity index (χ2v) is 7.92. The van der Waals surface area contributed by atoms with Crippen LogP contribution in [0.15, 0.2) is 23.6 Å². The van der Waals surface area contributed by atoms with Crippen LogP contribution >= 0.6 is 34.5 Å². The van der Waals surface area contributed by atoms with Crippen LogP contribution in [0, 0.1) is 0 Å². The maximum absolute atomic E-state index is 11.7. The molecule has 4 nitrogen and oxygen atoms in total. The molecular formula is C18H21Cl2N3OS.